The molecule has 0 fully saturated rings. The largest absolute Gasteiger partial charge is 0.465 e. The van der Waals surface area contributed by atoms with E-state index < -0.39 is 6.09 Å². The van der Waals surface area contributed by atoms with Crippen molar-refractivity contribution in [3.63, 3.8) is 0 Å². The molecule has 1 amide bonds. The van der Waals surface area contributed by atoms with Crippen molar-refractivity contribution >= 4 is 23.7 Å². The predicted octanol–water partition coefficient (Wildman–Crippen LogP) is 1.58. The van der Waals surface area contributed by atoms with Crippen molar-refractivity contribution in [2.75, 3.05) is 6.54 Å². The molecule has 0 spiro atoms. The molecule has 1 aromatic rings. The van der Waals surface area contributed by atoms with Crippen LogP contribution in [0.3, 0.4) is 0 Å². The lowest BCUT2D eigenvalue weighted by Crippen LogP contribution is -2.41. The number of thiazole rings is 1. The predicted molar refractivity (Wildman–Crippen MR) is 71.8 cm³/mol. The molecular weight excluding hydrogens is 266 g/mol. The molecule has 104 valence electrons. The average Bonchev–Trinajstić information content (AvgIpc) is 2.79. The number of nitrogens with one attached hydrogen (secondary N) is 2. The van der Waals surface area contributed by atoms with Gasteiger partial charge in [-0.3, -0.25) is 4.79 Å². The van der Waals surface area contributed by atoms with Crippen LogP contribution in [0.15, 0.2) is 0 Å². The Morgan fingerprint density at radius 1 is 1.63 bits per heavy atom. The first kappa shape index (κ1) is 14.0. The minimum atomic E-state index is -1.06. The van der Waals surface area contributed by atoms with Crippen LogP contribution >= 0.6 is 11.3 Å². The Hall–Kier alpha value is -1.47. The van der Waals surface area contributed by atoms with Crippen LogP contribution in [-0.2, 0) is 6.42 Å². The summed E-state index contributed by atoms with van der Waals surface area (Å²) in [6, 6.07) is -0.107. The number of carbonyl (C=O) groups excluding carboxylic acids is 1. The number of fused-ring (bicyclic) bond motifs is 1. The second-order valence-corrected chi connectivity index (χ2v) is 5.69. The Morgan fingerprint density at radius 2 is 2.42 bits per heavy atom. The summed E-state index contributed by atoms with van der Waals surface area (Å²) in [7, 11) is 0. The van der Waals surface area contributed by atoms with E-state index in [1.807, 2.05) is 0 Å². The molecule has 1 heterocycles. The van der Waals surface area contributed by atoms with Gasteiger partial charge < -0.3 is 15.7 Å². The zero-order valence-electron chi connectivity index (χ0n) is 10.7. The van der Waals surface area contributed by atoms with E-state index in [1.165, 1.54) is 11.3 Å². The SMILES string of the molecule is CCCNC1Cc2sc(C=O)nc2C(NC(=O)O)C1. The molecule has 1 aliphatic carbocycles. The van der Waals surface area contributed by atoms with Gasteiger partial charge in [0.1, 0.15) is 0 Å². The van der Waals surface area contributed by atoms with E-state index in [0.717, 1.165) is 30.5 Å². The van der Waals surface area contributed by atoms with E-state index in [4.69, 9.17) is 5.11 Å². The lowest BCUT2D eigenvalue weighted by atomic mass is 9.93. The second kappa shape index (κ2) is 6.12. The highest BCUT2D eigenvalue weighted by molar-refractivity contribution is 7.13. The monoisotopic (exact) mass is 283 g/mol. The molecule has 0 radical (unpaired) electrons. The van der Waals surface area contributed by atoms with Crippen molar-refractivity contribution in [3.8, 4) is 0 Å². The van der Waals surface area contributed by atoms with Crippen molar-refractivity contribution in [1.29, 1.82) is 0 Å². The van der Waals surface area contributed by atoms with Crippen LogP contribution in [0.1, 0.15) is 46.2 Å². The molecule has 1 aromatic heterocycles. The number of aromatic nitrogens is 1. The third-order valence-electron chi connectivity index (χ3n) is 3.11. The van der Waals surface area contributed by atoms with Crippen LogP contribution in [0.5, 0.6) is 0 Å². The van der Waals surface area contributed by atoms with E-state index in [0.29, 0.717) is 17.1 Å². The van der Waals surface area contributed by atoms with Gasteiger partial charge in [-0.05, 0) is 25.8 Å². The van der Waals surface area contributed by atoms with Gasteiger partial charge in [0.15, 0.2) is 11.3 Å². The highest BCUT2D eigenvalue weighted by Crippen LogP contribution is 2.33. The summed E-state index contributed by atoms with van der Waals surface area (Å²) in [6.07, 6.45) is 2.16. The fourth-order valence-corrected chi connectivity index (χ4v) is 3.36. The molecule has 0 saturated carbocycles. The summed E-state index contributed by atoms with van der Waals surface area (Å²) in [5.41, 5.74) is 0.712. The van der Waals surface area contributed by atoms with Gasteiger partial charge in [0.2, 0.25) is 0 Å². The van der Waals surface area contributed by atoms with E-state index in [1.54, 1.807) is 0 Å². The molecule has 2 atom stereocenters. The number of amides is 1. The summed E-state index contributed by atoms with van der Waals surface area (Å²) < 4.78 is 0. The van der Waals surface area contributed by atoms with Crippen LogP contribution < -0.4 is 10.6 Å². The standard InChI is InChI=1S/C12H17N3O3S/c1-2-3-13-7-4-8(14-12(17)18)11-9(5-7)19-10(6-16)15-11/h6-8,13-14H,2-5H2,1H3,(H,17,18). The fraction of sp³-hybridized carbons (Fsp3) is 0.583. The molecule has 0 aromatic carbocycles. The van der Waals surface area contributed by atoms with Crippen molar-refractivity contribution in [2.24, 2.45) is 0 Å². The van der Waals surface area contributed by atoms with Crippen LogP contribution in [0.2, 0.25) is 0 Å². The average molecular weight is 283 g/mol. The third kappa shape index (κ3) is 3.30. The quantitative estimate of drug-likeness (QED) is 0.714. The van der Waals surface area contributed by atoms with Gasteiger partial charge in [-0.25, -0.2) is 9.78 Å². The van der Waals surface area contributed by atoms with Crippen molar-refractivity contribution < 1.29 is 14.7 Å². The molecule has 1 aliphatic rings. The van der Waals surface area contributed by atoms with E-state index in [9.17, 15) is 9.59 Å². The topological polar surface area (TPSA) is 91.3 Å². The van der Waals surface area contributed by atoms with Crippen LogP contribution in [-0.4, -0.2) is 35.1 Å². The van der Waals surface area contributed by atoms with Gasteiger partial charge in [0, 0.05) is 10.9 Å². The van der Waals surface area contributed by atoms with Gasteiger partial charge >= 0.3 is 6.09 Å². The number of hydrogen-bond acceptors (Lipinski definition) is 5. The lowest BCUT2D eigenvalue weighted by molar-refractivity contribution is 0.112. The molecule has 0 bridgehead atoms. The Kier molecular flexibility index (Phi) is 4.49. The van der Waals surface area contributed by atoms with Crippen molar-refractivity contribution in [1.82, 2.24) is 15.6 Å². The maximum absolute atomic E-state index is 10.8. The minimum Gasteiger partial charge on any atom is -0.465 e. The number of nitrogens with zero attached hydrogens (tertiary/aromatic N) is 1. The molecule has 19 heavy (non-hydrogen) atoms. The molecule has 0 aliphatic heterocycles. The highest BCUT2D eigenvalue weighted by Gasteiger charge is 2.31. The lowest BCUT2D eigenvalue weighted by Gasteiger charge is -2.28. The Balaban J connectivity index is 2.19. The third-order valence-corrected chi connectivity index (χ3v) is 4.13. The van der Waals surface area contributed by atoms with Gasteiger partial charge in [-0.1, -0.05) is 6.92 Å². The Labute approximate surface area is 115 Å². The molecular formula is C12H17N3O3S. The van der Waals surface area contributed by atoms with Gasteiger partial charge in [0.05, 0.1) is 11.7 Å². The van der Waals surface area contributed by atoms with Gasteiger partial charge in [-0.2, -0.15) is 0 Å². The van der Waals surface area contributed by atoms with Crippen LogP contribution in [0.25, 0.3) is 0 Å². The summed E-state index contributed by atoms with van der Waals surface area (Å²) in [6.45, 7) is 2.99. The number of carboxylic acid groups (broad SMARTS) is 1. The first-order valence-electron chi connectivity index (χ1n) is 6.31. The smallest absolute Gasteiger partial charge is 0.405 e. The maximum Gasteiger partial charge on any atom is 0.405 e. The van der Waals surface area contributed by atoms with Crippen LogP contribution in [0, 0.1) is 0 Å². The highest BCUT2D eigenvalue weighted by atomic mass is 32.1. The summed E-state index contributed by atoms with van der Waals surface area (Å²) >= 11 is 1.35. The molecule has 2 rings (SSSR count). The maximum atomic E-state index is 10.8. The van der Waals surface area contributed by atoms with E-state index >= 15 is 0 Å². The van der Waals surface area contributed by atoms with Gasteiger partial charge in [0.25, 0.3) is 0 Å². The first-order chi connectivity index (χ1) is 9.13. The summed E-state index contributed by atoms with van der Waals surface area (Å²) in [4.78, 5) is 26.9. The summed E-state index contributed by atoms with van der Waals surface area (Å²) in [5, 5.41) is 15.2. The number of rotatable bonds is 5. The molecule has 3 N–H and O–H groups in total. The van der Waals surface area contributed by atoms with Crippen molar-refractivity contribution in [2.45, 2.75) is 38.3 Å². The van der Waals surface area contributed by atoms with Crippen LogP contribution in [0.4, 0.5) is 4.79 Å². The molecule has 6 nitrogen and oxygen atoms in total. The zero-order chi connectivity index (χ0) is 13.8. The Bertz CT molecular complexity index is 475. The molecule has 2 unspecified atom stereocenters. The Morgan fingerprint density at radius 3 is 3.05 bits per heavy atom. The minimum absolute atomic E-state index is 0.226. The van der Waals surface area contributed by atoms with Gasteiger partial charge in [-0.15, -0.1) is 11.3 Å². The molecule has 7 heteroatoms. The normalized spacial score (nSPS) is 21.7. The fourth-order valence-electron chi connectivity index (χ4n) is 2.33. The molecule has 0 saturated heterocycles. The summed E-state index contributed by atoms with van der Waals surface area (Å²) in [5.74, 6) is 0. The number of hydrogen-bond donors (Lipinski definition) is 3. The van der Waals surface area contributed by atoms with E-state index in [-0.39, 0.29) is 12.1 Å². The second-order valence-electron chi connectivity index (χ2n) is 4.57. The number of aldehydes is 1. The van der Waals surface area contributed by atoms with E-state index in [2.05, 4.69) is 22.5 Å². The zero-order valence-corrected chi connectivity index (χ0v) is 11.5. The number of carbonyl (C=O) groups is 2. The first-order valence-corrected chi connectivity index (χ1v) is 7.13. The van der Waals surface area contributed by atoms with Crippen molar-refractivity contribution in [3.05, 3.63) is 15.6 Å².